The van der Waals surface area contributed by atoms with Crippen molar-refractivity contribution in [3.63, 3.8) is 0 Å². The highest BCUT2D eigenvalue weighted by Gasteiger charge is 2.07. The minimum Gasteiger partial charge on any atom is -0.306 e. The first-order valence-electron chi connectivity index (χ1n) is 6.27. The summed E-state index contributed by atoms with van der Waals surface area (Å²) < 4.78 is 12.9. The summed E-state index contributed by atoms with van der Waals surface area (Å²) in [6.45, 7) is 2.59. The van der Waals surface area contributed by atoms with Crippen molar-refractivity contribution in [1.29, 1.82) is 5.26 Å². The molecule has 1 atom stereocenters. The zero-order valence-corrected chi connectivity index (χ0v) is 11.8. The standard InChI is InChI=1S/C16H14ClFN2/c1-11(13-4-6-15(18)7-5-13)20-10-14-3-2-12(9-19)8-16(14)17/h2-8,11,20H,10H2,1H3/t11-/m1/s1. The van der Waals surface area contributed by atoms with Gasteiger partial charge in [-0.3, -0.25) is 0 Å². The predicted octanol–water partition coefficient (Wildman–Crippen LogP) is 4.20. The Morgan fingerprint density at radius 3 is 2.55 bits per heavy atom. The molecule has 0 saturated carbocycles. The van der Waals surface area contributed by atoms with E-state index >= 15 is 0 Å². The van der Waals surface area contributed by atoms with E-state index in [4.69, 9.17) is 16.9 Å². The fourth-order valence-corrected chi connectivity index (χ4v) is 2.14. The van der Waals surface area contributed by atoms with Gasteiger partial charge in [-0.25, -0.2) is 4.39 Å². The lowest BCUT2D eigenvalue weighted by Gasteiger charge is -2.15. The van der Waals surface area contributed by atoms with E-state index in [0.29, 0.717) is 17.1 Å². The molecule has 0 heterocycles. The average Bonchev–Trinajstić information content (AvgIpc) is 2.46. The Labute approximate surface area is 122 Å². The number of halogens is 2. The lowest BCUT2D eigenvalue weighted by Crippen LogP contribution is -2.18. The molecule has 0 unspecified atom stereocenters. The molecule has 2 aromatic carbocycles. The summed E-state index contributed by atoms with van der Waals surface area (Å²) in [4.78, 5) is 0. The number of nitrogens with zero attached hydrogens (tertiary/aromatic N) is 1. The smallest absolute Gasteiger partial charge is 0.123 e. The lowest BCUT2D eigenvalue weighted by molar-refractivity contribution is 0.571. The first-order chi connectivity index (χ1) is 9.60. The second-order valence-corrected chi connectivity index (χ2v) is 4.98. The minimum atomic E-state index is -0.240. The second-order valence-electron chi connectivity index (χ2n) is 4.57. The first-order valence-corrected chi connectivity index (χ1v) is 6.65. The van der Waals surface area contributed by atoms with Crippen LogP contribution < -0.4 is 5.32 Å². The van der Waals surface area contributed by atoms with Crippen molar-refractivity contribution >= 4 is 11.6 Å². The zero-order valence-electron chi connectivity index (χ0n) is 11.0. The monoisotopic (exact) mass is 288 g/mol. The van der Waals surface area contributed by atoms with E-state index in [9.17, 15) is 4.39 Å². The van der Waals surface area contributed by atoms with Crippen LogP contribution >= 0.6 is 11.6 Å². The number of rotatable bonds is 4. The summed E-state index contributed by atoms with van der Waals surface area (Å²) in [5, 5.41) is 12.7. The fraction of sp³-hybridized carbons (Fsp3) is 0.188. The van der Waals surface area contributed by atoms with E-state index < -0.39 is 0 Å². The molecular formula is C16H14ClFN2. The number of nitriles is 1. The van der Waals surface area contributed by atoms with Gasteiger partial charge in [-0.2, -0.15) is 5.26 Å². The Kier molecular flexibility index (Phi) is 4.73. The van der Waals surface area contributed by atoms with Crippen LogP contribution in [0.15, 0.2) is 42.5 Å². The average molecular weight is 289 g/mol. The molecule has 2 aromatic rings. The highest BCUT2D eigenvalue weighted by molar-refractivity contribution is 6.31. The van der Waals surface area contributed by atoms with Gasteiger partial charge in [0.15, 0.2) is 0 Å². The molecule has 0 aliphatic heterocycles. The molecule has 0 fully saturated rings. The molecule has 0 amide bonds. The molecular weight excluding hydrogens is 275 g/mol. The second kappa shape index (κ2) is 6.51. The normalized spacial score (nSPS) is 11.9. The molecule has 0 aromatic heterocycles. The Morgan fingerprint density at radius 2 is 1.95 bits per heavy atom. The van der Waals surface area contributed by atoms with Crippen LogP contribution in [0.2, 0.25) is 5.02 Å². The SMILES string of the molecule is C[C@@H](NCc1ccc(C#N)cc1Cl)c1ccc(F)cc1. The Morgan fingerprint density at radius 1 is 1.25 bits per heavy atom. The number of hydrogen-bond acceptors (Lipinski definition) is 2. The van der Waals surface area contributed by atoms with Crippen molar-refractivity contribution < 1.29 is 4.39 Å². The van der Waals surface area contributed by atoms with Crippen LogP contribution in [0.25, 0.3) is 0 Å². The molecule has 0 aliphatic carbocycles. The molecule has 0 saturated heterocycles. The van der Waals surface area contributed by atoms with Crippen LogP contribution in [-0.2, 0) is 6.54 Å². The van der Waals surface area contributed by atoms with Gasteiger partial charge >= 0.3 is 0 Å². The van der Waals surface area contributed by atoms with E-state index in [1.807, 2.05) is 13.0 Å². The molecule has 0 radical (unpaired) electrons. The first kappa shape index (κ1) is 14.5. The van der Waals surface area contributed by atoms with Crippen molar-refractivity contribution in [2.45, 2.75) is 19.5 Å². The summed E-state index contributed by atoms with van der Waals surface area (Å²) in [7, 11) is 0. The van der Waals surface area contributed by atoms with E-state index in [1.54, 1.807) is 24.3 Å². The summed E-state index contributed by atoms with van der Waals surface area (Å²) >= 11 is 6.12. The van der Waals surface area contributed by atoms with Gasteiger partial charge in [-0.05, 0) is 42.3 Å². The third kappa shape index (κ3) is 3.57. The van der Waals surface area contributed by atoms with Crippen LogP contribution in [0, 0.1) is 17.1 Å². The molecule has 0 bridgehead atoms. The number of nitrogens with one attached hydrogen (secondary N) is 1. The molecule has 20 heavy (non-hydrogen) atoms. The summed E-state index contributed by atoms with van der Waals surface area (Å²) in [6.07, 6.45) is 0. The number of benzene rings is 2. The zero-order chi connectivity index (χ0) is 14.5. The van der Waals surface area contributed by atoms with Crippen molar-refractivity contribution in [2.24, 2.45) is 0 Å². The van der Waals surface area contributed by atoms with Crippen molar-refractivity contribution in [1.82, 2.24) is 5.32 Å². The molecule has 0 aliphatic rings. The predicted molar refractivity (Wildman–Crippen MR) is 77.8 cm³/mol. The van der Waals surface area contributed by atoms with Crippen molar-refractivity contribution in [3.8, 4) is 6.07 Å². The maximum absolute atomic E-state index is 12.9. The molecule has 1 N–H and O–H groups in total. The largest absolute Gasteiger partial charge is 0.306 e. The van der Waals surface area contributed by atoms with Crippen LogP contribution in [0.3, 0.4) is 0 Å². The molecule has 2 nitrogen and oxygen atoms in total. The maximum atomic E-state index is 12.9. The molecule has 2 rings (SSSR count). The van der Waals surface area contributed by atoms with Gasteiger partial charge in [0.25, 0.3) is 0 Å². The van der Waals surface area contributed by atoms with Crippen LogP contribution in [-0.4, -0.2) is 0 Å². The lowest BCUT2D eigenvalue weighted by atomic mass is 10.1. The molecule has 102 valence electrons. The highest BCUT2D eigenvalue weighted by atomic mass is 35.5. The Balaban J connectivity index is 2.01. The summed E-state index contributed by atoms with van der Waals surface area (Å²) in [5.74, 6) is -0.240. The van der Waals surface area contributed by atoms with Crippen LogP contribution in [0.5, 0.6) is 0 Å². The van der Waals surface area contributed by atoms with E-state index in [2.05, 4.69) is 11.4 Å². The minimum absolute atomic E-state index is 0.0855. The summed E-state index contributed by atoms with van der Waals surface area (Å²) in [6, 6.07) is 13.8. The summed E-state index contributed by atoms with van der Waals surface area (Å²) in [5.41, 5.74) is 2.49. The van der Waals surface area contributed by atoms with Gasteiger partial charge in [0, 0.05) is 17.6 Å². The Hall–Kier alpha value is -1.89. The van der Waals surface area contributed by atoms with Crippen molar-refractivity contribution in [3.05, 3.63) is 70.0 Å². The number of hydrogen-bond donors (Lipinski definition) is 1. The quantitative estimate of drug-likeness (QED) is 0.915. The van der Waals surface area contributed by atoms with E-state index in [-0.39, 0.29) is 11.9 Å². The van der Waals surface area contributed by atoms with Gasteiger partial charge in [0.2, 0.25) is 0 Å². The van der Waals surface area contributed by atoms with Crippen LogP contribution in [0.1, 0.15) is 29.7 Å². The third-order valence-corrected chi connectivity index (χ3v) is 3.50. The van der Waals surface area contributed by atoms with Gasteiger partial charge in [-0.1, -0.05) is 29.8 Å². The van der Waals surface area contributed by atoms with Crippen molar-refractivity contribution in [2.75, 3.05) is 0 Å². The molecule has 4 heteroatoms. The Bertz CT molecular complexity index is 632. The third-order valence-electron chi connectivity index (χ3n) is 3.15. The van der Waals surface area contributed by atoms with Gasteiger partial charge in [0.05, 0.1) is 11.6 Å². The fourth-order valence-electron chi connectivity index (χ4n) is 1.89. The topological polar surface area (TPSA) is 35.8 Å². The van der Waals surface area contributed by atoms with Gasteiger partial charge in [-0.15, -0.1) is 0 Å². The van der Waals surface area contributed by atoms with E-state index in [0.717, 1.165) is 11.1 Å². The van der Waals surface area contributed by atoms with Crippen LogP contribution in [0.4, 0.5) is 4.39 Å². The van der Waals surface area contributed by atoms with Gasteiger partial charge < -0.3 is 5.32 Å². The maximum Gasteiger partial charge on any atom is 0.123 e. The van der Waals surface area contributed by atoms with Gasteiger partial charge in [0.1, 0.15) is 5.82 Å². The molecule has 0 spiro atoms. The van der Waals surface area contributed by atoms with E-state index in [1.165, 1.54) is 12.1 Å². The highest BCUT2D eigenvalue weighted by Crippen LogP contribution is 2.19.